The quantitative estimate of drug-likeness (QED) is 0.898. The molecule has 0 atom stereocenters. The zero-order valence-corrected chi connectivity index (χ0v) is 14.7. The molecule has 2 heterocycles. The molecule has 136 valence electrons. The number of aromatic nitrogens is 2. The van der Waals surface area contributed by atoms with Crippen LogP contribution in [0.4, 0.5) is 8.78 Å². The number of halogens is 3. The number of benzene rings is 1. The summed E-state index contributed by atoms with van der Waals surface area (Å²) in [7, 11) is 1.68. The van der Waals surface area contributed by atoms with Gasteiger partial charge in [0.1, 0.15) is 5.54 Å². The number of rotatable bonds is 4. The summed E-state index contributed by atoms with van der Waals surface area (Å²) in [4.78, 5) is 14.7. The zero-order chi connectivity index (χ0) is 17.2. The maximum absolute atomic E-state index is 13.4. The van der Waals surface area contributed by atoms with Gasteiger partial charge in [0, 0.05) is 26.0 Å². The van der Waals surface area contributed by atoms with Gasteiger partial charge in [0.25, 0.3) is 5.91 Å². The van der Waals surface area contributed by atoms with Crippen molar-refractivity contribution in [3.63, 3.8) is 0 Å². The minimum Gasteiger partial charge on any atom is -0.339 e. The Bertz CT molecular complexity index is 717. The Balaban J connectivity index is 0.00000225. The standard InChI is InChI=1S/C17H20F2N4O.ClH/c1-22(12-13-3-4-14(18)15(19)11-13)16(24)17(5-8-20-9-6-17)23-10-2-7-21-23;/h2-4,7,10-11,20H,5-6,8-9,12H2,1H3;1H. The molecular formula is C17H21ClF2N4O. The highest BCUT2D eigenvalue weighted by Crippen LogP contribution is 2.29. The van der Waals surface area contributed by atoms with Crippen molar-refractivity contribution in [2.75, 3.05) is 20.1 Å². The topological polar surface area (TPSA) is 50.2 Å². The molecule has 3 rings (SSSR count). The molecule has 0 aliphatic carbocycles. The van der Waals surface area contributed by atoms with Gasteiger partial charge in [0.2, 0.25) is 0 Å². The minimum atomic E-state index is -0.906. The number of piperidine rings is 1. The lowest BCUT2D eigenvalue weighted by atomic mass is 9.86. The van der Waals surface area contributed by atoms with E-state index in [0.29, 0.717) is 18.4 Å². The number of likely N-dealkylation sites (N-methyl/N-ethyl adjacent to an activating group) is 1. The zero-order valence-electron chi connectivity index (χ0n) is 13.9. The van der Waals surface area contributed by atoms with Crippen molar-refractivity contribution < 1.29 is 13.6 Å². The number of hydrogen-bond acceptors (Lipinski definition) is 3. The van der Waals surface area contributed by atoms with Crippen LogP contribution in [-0.2, 0) is 16.9 Å². The second kappa shape index (κ2) is 7.93. The van der Waals surface area contributed by atoms with Crippen molar-refractivity contribution in [1.82, 2.24) is 20.0 Å². The first kappa shape index (κ1) is 19.3. The largest absolute Gasteiger partial charge is 0.339 e. The molecule has 0 unspecified atom stereocenters. The van der Waals surface area contributed by atoms with Gasteiger partial charge in [0.05, 0.1) is 0 Å². The summed E-state index contributed by atoms with van der Waals surface area (Å²) in [6.07, 6.45) is 4.73. The molecule has 1 fully saturated rings. The molecule has 0 spiro atoms. The normalized spacial score (nSPS) is 16.1. The van der Waals surface area contributed by atoms with Gasteiger partial charge in [-0.1, -0.05) is 6.07 Å². The van der Waals surface area contributed by atoms with E-state index in [4.69, 9.17) is 0 Å². The summed E-state index contributed by atoms with van der Waals surface area (Å²) in [6.45, 7) is 1.67. The number of amides is 1. The number of hydrogen-bond donors (Lipinski definition) is 1. The van der Waals surface area contributed by atoms with Gasteiger partial charge < -0.3 is 10.2 Å². The molecule has 25 heavy (non-hydrogen) atoms. The highest BCUT2D eigenvalue weighted by molar-refractivity contribution is 5.85. The van der Waals surface area contributed by atoms with Crippen LogP contribution < -0.4 is 5.32 Å². The van der Waals surface area contributed by atoms with Crippen LogP contribution in [0.2, 0.25) is 0 Å². The van der Waals surface area contributed by atoms with E-state index in [1.54, 1.807) is 35.1 Å². The highest BCUT2D eigenvalue weighted by Gasteiger charge is 2.43. The van der Waals surface area contributed by atoms with E-state index >= 15 is 0 Å². The molecule has 1 aliphatic heterocycles. The second-order valence-electron chi connectivity index (χ2n) is 6.14. The molecule has 1 N–H and O–H groups in total. The van der Waals surface area contributed by atoms with Crippen LogP contribution in [0.25, 0.3) is 0 Å². The number of nitrogens with one attached hydrogen (secondary N) is 1. The smallest absolute Gasteiger partial charge is 0.250 e. The van der Waals surface area contributed by atoms with Crippen molar-refractivity contribution >= 4 is 18.3 Å². The van der Waals surface area contributed by atoms with E-state index in [0.717, 1.165) is 25.2 Å². The van der Waals surface area contributed by atoms with Crippen LogP contribution >= 0.6 is 12.4 Å². The fourth-order valence-corrected chi connectivity index (χ4v) is 3.24. The molecule has 1 aromatic heterocycles. The van der Waals surface area contributed by atoms with E-state index in [-0.39, 0.29) is 24.9 Å². The lowest BCUT2D eigenvalue weighted by Crippen LogP contribution is -2.54. The molecule has 1 amide bonds. The summed E-state index contributed by atoms with van der Waals surface area (Å²) in [6, 6.07) is 5.50. The monoisotopic (exact) mass is 370 g/mol. The third-order valence-electron chi connectivity index (χ3n) is 4.52. The van der Waals surface area contributed by atoms with Crippen molar-refractivity contribution in [3.8, 4) is 0 Å². The van der Waals surface area contributed by atoms with Crippen molar-refractivity contribution in [3.05, 3.63) is 53.9 Å². The summed E-state index contributed by atoms with van der Waals surface area (Å²) in [5.41, 5.74) is -0.184. The lowest BCUT2D eigenvalue weighted by Gasteiger charge is -2.39. The fourth-order valence-electron chi connectivity index (χ4n) is 3.24. The maximum atomic E-state index is 13.4. The van der Waals surface area contributed by atoms with Crippen LogP contribution in [0.15, 0.2) is 36.7 Å². The van der Waals surface area contributed by atoms with Gasteiger partial charge in [-0.25, -0.2) is 8.78 Å². The van der Waals surface area contributed by atoms with Crippen molar-refractivity contribution in [2.45, 2.75) is 24.9 Å². The Kier molecular flexibility index (Phi) is 6.13. The van der Waals surface area contributed by atoms with Gasteiger partial charge in [-0.2, -0.15) is 5.10 Å². The van der Waals surface area contributed by atoms with Gasteiger partial charge in [-0.15, -0.1) is 12.4 Å². The fraction of sp³-hybridized carbons (Fsp3) is 0.412. The first-order valence-corrected chi connectivity index (χ1v) is 7.93. The van der Waals surface area contributed by atoms with E-state index in [1.807, 2.05) is 0 Å². The summed E-state index contributed by atoms with van der Waals surface area (Å²) < 4.78 is 28.2. The number of carbonyl (C=O) groups excluding carboxylic acids is 1. The average Bonchev–Trinajstić information content (AvgIpc) is 3.13. The van der Waals surface area contributed by atoms with Crippen molar-refractivity contribution in [2.24, 2.45) is 0 Å². The maximum Gasteiger partial charge on any atom is 0.250 e. The Morgan fingerprint density at radius 1 is 1.32 bits per heavy atom. The number of carbonyl (C=O) groups is 1. The summed E-state index contributed by atoms with van der Waals surface area (Å²) in [5, 5.41) is 7.54. The molecular weight excluding hydrogens is 350 g/mol. The number of nitrogens with zero attached hydrogens (tertiary/aromatic N) is 3. The highest BCUT2D eigenvalue weighted by atomic mass is 35.5. The molecule has 2 aromatic rings. The molecule has 1 saturated heterocycles. The summed E-state index contributed by atoms with van der Waals surface area (Å²) >= 11 is 0. The van der Waals surface area contributed by atoms with Crippen LogP contribution in [-0.4, -0.2) is 40.7 Å². The first-order valence-electron chi connectivity index (χ1n) is 7.93. The molecule has 1 aliphatic rings. The SMILES string of the molecule is CN(Cc1ccc(F)c(F)c1)C(=O)C1(n2cccn2)CCNCC1.Cl. The third-order valence-corrected chi connectivity index (χ3v) is 4.52. The van der Waals surface area contributed by atoms with Gasteiger partial charge in [-0.05, 0) is 49.7 Å². The van der Waals surface area contributed by atoms with E-state index in [9.17, 15) is 13.6 Å². The van der Waals surface area contributed by atoms with Gasteiger partial charge in [-0.3, -0.25) is 9.48 Å². The average molecular weight is 371 g/mol. The van der Waals surface area contributed by atoms with Crippen molar-refractivity contribution in [1.29, 1.82) is 0 Å². The van der Waals surface area contributed by atoms with Gasteiger partial charge >= 0.3 is 0 Å². The van der Waals surface area contributed by atoms with Crippen LogP contribution in [0.5, 0.6) is 0 Å². The molecule has 5 nitrogen and oxygen atoms in total. The van der Waals surface area contributed by atoms with E-state index < -0.39 is 17.2 Å². The van der Waals surface area contributed by atoms with E-state index in [2.05, 4.69) is 10.4 Å². The van der Waals surface area contributed by atoms with Crippen LogP contribution in [0.3, 0.4) is 0 Å². The van der Waals surface area contributed by atoms with Crippen LogP contribution in [0.1, 0.15) is 18.4 Å². The molecule has 1 aromatic carbocycles. The second-order valence-corrected chi connectivity index (χ2v) is 6.14. The third kappa shape index (κ3) is 3.82. The molecule has 0 radical (unpaired) electrons. The molecule has 0 bridgehead atoms. The molecule has 8 heteroatoms. The van der Waals surface area contributed by atoms with Gasteiger partial charge in [0.15, 0.2) is 11.6 Å². The Morgan fingerprint density at radius 3 is 2.64 bits per heavy atom. The molecule has 0 saturated carbocycles. The minimum absolute atomic E-state index is 0. The van der Waals surface area contributed by atoms with Crippen LogP contribution in [0, 0.1) is 11.6 Å². The van der Waals surface area contributed by atoms with E-state index in [1.165, 1.54) is 6.07 Å². The summed E-state index contributed by atoms with van der Waals surface area (Å²) in [5.74, 6) is -1.87. The predicted octanol–water partition coefficient (Wildman–Crippen LogP) is 2.32. The Hall–Kier alpha value is -1.99. The predicted molar refractivity (Wildman–Crippen MR) is 92.4 cm³/mol. The lowest BCUT2D eigenvalue weighted by molar-refractivity contribution is -0.142. The Morgan fingerprint density at radius 2 is 2.04 bits per heavy atom. The first-order chi connectivity index (χ1) is 11.5. The Labute approximate surface area is 151 Å².